The molecule has 0 spiro atoms. The van der Waals surface area contributed by atoms with Gasteiger partial charge in [-0.1, -0.05) is 6.92 Å². The highest BCUT2D eigenvalue weighted by atomic mass is 19.1. The Morgan fingerprint density at radius 1 is 1.38 bits per heavy atom. The van der Waals surface area contributed by atoms with Gasteiger partial charge in [-0.3, -0.25) is 14.2 Å². The second-order valence-electron chi connectivity index (χ2n) is 5.91. The number of ether oxygens (including phenoxy) is 1. The summed E-state index contributed by atoms with van der Waals surface area (Å²) in [6, 6.07) is 6.55. The first-order valence-corrected chi connectivity index (χ1v) is 8.11. The van der Waals surface area contributed by atoms with Crippen LogP contribution in [0.15, 0.2) is 29.1 Å². The standard InChI is InChI=1S/C19H19FN2O4/c1-4-11(2)22-18(24)15(9-21)12(3)17(19(22)25)16(23)10-26-14-7-5-13(20)6-8-14/h5-8,11,25H,4,10H2,1-3H3. The quantitative estimate of drug-likeness (QED) is 0.801. The summed E-state index contributed by atoms with van der Waals surface area (Å²) in [5, 5.41) is 19.8. The molecule has 1 aromatic heterocycles. The topological polar surface area (TPSA) is 92.3 Å². The number of Topliss-reactive ketones (excluding diaryl/α,β-unsaturated/α-hetero) is 1. The predicted octanol–water partition coefficient (Wildman–Crippen LogP) is 3.11. The van der Waals surface area contributed by atoms with Crippen LogP contribution < -0.4 is 10.3 Å². The summed E-state index contributed by atoms with van der Waals surface area (Å²) in [7, 11) is 0. The normalized spacial score (nSPS) is 11.7. The molecular weight excluding hydrogens is 339 g/mol. The first-order chi connectivity index (χ1) is 12.3. The van der Waals surface area contributed by atoms with Crippen molar-refractivity contribution in [1.29, 1.82) is 5.26 Å². The van der Waals surface area contributed by atoms with Gasteiger partial charge in [0.1, 0.15) is 23.2 Å². The molecule has 0 amide bonds. The van der Waals surface area contributed by atoms with Crippen LogP contribution in [0.2, 0.25) is 0 Å². The van der Waals surface area contributed by atoms with Gasteiger partial charge >= 0.3 is 0 Å². The Hall–Kier alpha value is -3.14. The van der Waals surface area contributed by atoms with E-state index in [0.717, 1.165) is 4.57 Å². The number of benzene rings is 1. The Labute approximate surface area is 150 Å². The van der Waals surface area contributed by atoms with Gasteiger partial charge in [-0.05, 0) is 50.1 Å². The molecular formula is C19H19FN2O4. The Balaban J connectivity index is 2.44. The van der Waals surface area contributed by atoms with Gasteiger partial charge in [-0.25, -0.2) is 4.39 Å². The van der Waals surface area contributed by atoms with Crippen molar-refractivity contribution in [2.45, 2.75) is 33.2 Å². The fraction of sp³-hybridized carbons (Fsp3) is 0.316. The highest BCUT2D eigenvalue weighted by molar-refractivity contribution is 6.01. The van der Waals surface area contributed by atoms with E-state index in [1.165, 1.54) is 31.2 Å². The number of carbonyl (C=O) groups excluding carboxylic acids is 1. The number of ketones is 1. The van der Waals surface area contributed by atoms with Gasteiger partial charge in [0.15, 0.2) is 6.61 Å². The lowest BCUT2D eigenvalue weighted by molar-refractivity contribution is 0.0916. The zero-order valence-electron chi connectivity index (χ0n) is 14.7. The van der Waals surface area contributed by atoms with E-state index in [0.29, 0.717) is 6.42 Å². The van der Waals surface area contributed by atoms with E-state index in [1.807, 2.05) is 6.92 Å². The summed E-state index contributed by atoms with van der Waals surface area (Å²) in [6.45, 7) is 4.54. The third kappa shape index (κ3) is 3.59. The Morgan fingerprint density at radius 2 is 2.00 bits per heavy atom. The molecule has 0 fully saturated rings. The molecule has 0 aliphatic heterocycles. The minimum Gasteiger partial charge on any atom is -0.494 e. The van der Waals surface area contributed by atoms with Crippen LogP contribution in [0.1, 0.15) is 47.8 Å². The molecule has 0 aliphatic carbocycles. The Kier molecular flexibility index (Phi) is 5.78. The number of rotatable bonds is 6. The molecule has 2 rings (SSSR count). The lowest BCUT2D eigenvalue weighted by atomic mass is 10.0. The SMILES string of the molecule is CCC(C)n1c(O)c(C(=O)COc2ccc(F)cc2)c(C)c(C#N)c1=O. The fourth-order valence-electron chi connectivity index (χ4n) is 2.60. The van der Waals surface area contributed by atoms with E-state index in [9.17, 15) is 24.3 Å². The molecule has 0 aliphatic rings. The predicted molar refractivity (Wildman–Crippen MR) is 93.0 cm³/mol. The number of pyridine rings is 1. The minimum atomic E-state index is -0.632. The molecule has 2 aromatic rings. The molecule has 6 nitrogen and oxygen atoms in total. The molecule has 7 heteroatoms. The maximum absolute atomic E-state index is 12.9. The first-order valence-electron chi connectivity index (χ1n) is 8.11. The van der Waals surface area contributed by atoms with E-state index < -0.39 is 29.6 Å². The fourth-order valence-corrected chi connectivity index (χ4v) is 2.60. The van der Waals surface area contributed by atoms with E-state index in [-0.39, 0.29) is 28.5 Å². The molecule has 1 atom stereocenters. The lowest BCUT2D eigenvalue weighted by Gasteiger charge is -2.19. The van der Waals surface area contributed by atoms with Crippen LogP contribution in [-0.4, -0.2) is 22.1 Å². The highest BCUT2D eigenvalue weighted by Gasteiger charge is 2.25. The highest BCUT2D eigenvalue weighted by Crippen LogP contribution is 2.26. The molecule has 1 N–H and O–H groups in total. The molecule has 1 unspecified atom stereocenters. The van der Waals surface area contributed by atoms with Crippen LogP contribution in [0.3, 0.4) is 0 Å². The number of aromatic nitrogens is 1. The third-order valence-corrected chi connectivity index (χ3v) is 4.24. The number of halogens is 1. The van der Waals surface area contributed by atoms with E-state index >= 15 is 0 Å². The maximum Gasteiger partial charge on any atom is 0.271 e. The second kappa shape index (κ2) is 7.83. The lowest BCUT2D eigenvalue weighted by Crippen LogP contribution is -2.29. The molecule has 0 saturated heterocycles. The summed E-state index contributed by atoms with van der Waals surface area (Å²) in [5.74, 6) is -1.21. The van der Waals surface area contributed by atoms with Crippen LogP contribution in [0.4, 0.5) is 4.39 Å². The van der Waals surface area contributed by atoms with Gasteiger partial charge in [0.25, 0.3) is 5.56 Å². The number of nitriles is 1. The molecule has 1 aromatic carbocycles. The van der Waals surface area contributed by atoms with Gasteiger partial charge in [0.2, 0.25) is 11.7 Å². The van der Waals surface area contributed by atoms with Crippen molar-refractivity contribution in [1.82, 2.24) is 4.57 Å². The van der Waals surface area contributed by atoms with Crippen molar-refractivity contribution in [3.8, 4) is 17.7 Å². The van der Waals surface area contributed by atoms with Gasteiger partial charge in [-0.15, -0.1) is 0 Å². The van der Waals surface area contributed by atoms with Gasteiger partial charge in [-0.2, -0.15) is 5.26 Å². The van der Waals surface area contributed by atoms with Gasteiger partial charge in [0.05, 0.1) is 5.56 Å². The Morgan fingerprint density at radius 3 is 2.54 bits per heavy atom. The average molecular weight is 358 g/mol. The summed E-state index contributed by atoms with van der Waals surface area (Å²) in [4.78, 5) is 25.0. The van der Waals surface area contributed by atoms with Crippen molar-refractivity contribution < 1.29 is 19.0 Å². The van der Waals surface area contributed by atoms with Crippen LogP contribution in [-0.2, 0) is 0 Å². The number of hydrogen-bond donors (Lipinski definition) is 1. The van der Waals surface area contributed by atoms with Crippen molar-refractivity contribution in [3.63, 3.8) is 0 Å². The number of aromatic hydroxyl groups is 1. The second-order valence-corrected chi connectivity index (χ2v) is 5.91. The molecule has 0 radical (unpaired) electrons. The Bertz CT molecular complexity index is 927. The third-order valence-electron chi connectivity index (χ3n) is 4.24. The summed E-state index contributed by atoms with van der Waals surface area (Å²) < 4.78 is 19.3. The number of nitrogens with zero attached hydrogens (tertiary/aromatic N) is 2. The number of hydrogen-bond acceptors (Lipinski definition) is 5. The monoisotopic (exact) mass is 358 g/mol. The molecule has 0 bridgehead atoms. The van der Waals surface area contributed by atoms with Crippen LogP contribution in [0.25, 0.3) is 0 Å². The van der Waals surface area contributed by atoms with Crippen LogP contribution >= 0.6 is 0 Å². The largest absolute Gasteiger partial charge is 0.494 e. The summed E-state index contributed by atoms with van der Waals surface area (Å²) in [5.41, 5.74) is -0.827. The molecule has 136 valence electrons. The average Bonchev–Trinajstić information content (AvgIpc) is 2.61. The van der Waals surface area contributed by atoms with Crippen molar-refractivity contribution >= 4 is 5.78 Å². The van der Waals surface area contributed by atoms with Gasteiger partial charge < -0.3 is 9.84 Å². The van der Waals surface area contributed by atoms with Crippen LogP contribution in [0.5, 0.6) is 11.6 Å². The molecule has 1 heterocycles. The van der Waals surface area contributed by atoms with Gasteiger partial charge in [0, 0.05) is 6.04 Å². The summed E-state index contributed by atoms with van der Waals surface area (Å²) >= 11 is 0. The molecule has 0 saturated carbocycles. The number of carbonyl (C=O) groups is 1. The zero-order valence-corrected chi connectivity index (χ0v) is 14.7. The van der Waals surface area contributed by atoms with E-state index in [4.69, 9.17) is 4.74 Å². The van der Waals surface area contributed by atoms with Crippen LogP contribution in [0, 0.1) is 24.1 Å². The van der Waals surface area contributed by atoms with E-state index in [1.54, 1.807) is 13.0 Å². The van der Waals surface area contributed by atoms with Crippen molar-refractivity contribution in [3.05, 3.63) is 57.1 Å². The minimum absolute atomic E-state index is 0.113. The first kappa shape index (κ1) is 19.2. The maximum atomic E-state index is 12.9. The molecule has 26 heavy (non-hydrogen) atoms. The smallest absolute Gasteiger partial charge is 0.271 e. The van der Waals surface area contributed by atoms with E-state index in [2.05, 4.69) is 0 Å². The summed E-state index contributed by atoms with van der Waals surface area (Å²) in [6.07, 6.45) is 0.529. The zero-order chi connectivity index (χ0) is 19.4. The van der Waals surface area contributed by atoms with Crippen molar-refractivity contribution in [2.75, 3.05) is 6.61 Å². The van der Waals surface area contributed by atoms with Crippen molar-refractivity contribution in [2.24, 2.45) is 0 Å².